The van der Waals surface area contributed by atoms with Gasteiger partial charge in [0.2, 0.25) is 0 Å². The summed E-state index contributed by atoms with van der Waals surface area (Å²) in [7, 11) is 1.76. The van der Waals surface area contributed by atoms with Gasteiger partial charge in [0.25, 0.3) is 0 Å². The van der Waals surface area contributed by atoms with E-state index in [9.17, 15) is 0 Å². The Kier molecular flexibility index (Phi) is 4.57. The molecule has 0 atom stereocenters. The molecule has 0 aromatic heterocycles. The predicted molar refractivity (Wildman–Crippen MR) is 88.7 cm³/mol. The van der Waals surface area contributed by atoms with E-state index in [2.05, 4.69) is 47.8 Å². The molecule has 3 rings (SSSR count). The van der Waals surface area contributed by atoms with E-state index < -0.39 is 0 Å². The Labute approximate surface area is 127 Å². The minimum absolute atomic E-state index is 0.456. The van der Waals surface area contributed by atoms with Gasteiger partial charge in [0, 0.05) is 20.2 Å². The summed E-state index contributed by atoms with van der Waals surface area (Å²) >= 11 is 0. The van der Waals surface area contributed by atoms with E-state index in [4.69, 9.17) is 4.74 Å². The van der Waals surface area contributed by atoms with Gasteiger partial charge in [-0.2, -0.15) is 0 Å². The molecule has 112 valence electrons. The van der Waals surface area contributed by atoms with Crippen LogP contribution in [0.5, 0.6) is 0 Å². The van der Waals surface area contributed by atoms with Crippen LogP contribution >= 0.6 is 0 Å². The summed E-state index contributed by atoms with van der Waals surface area (Å²) in [4.78, 5) is 0. The average Bonchev–Trinajstić information content (AvgIpc) is 2.49. The van der Waals surface area contributed by atoms with E-state index in [0.717, 1.165) is 19.7 Å². The van der Waals surface area contributed by atoms with Crippen LogP contribution in [0.2, 0.25) is 0 Å². The number of hydrogen-bond donors (Lipinski definition) is 1. The standard InChI is InChI=1S/C19H25NO/c1-21-13-12-20-15-19(10-5-11-19)14-17-8-4-7-16-6-2-3-9-18(16)17/h2-4,6-9,20H,5,10-15H2,1H3. The first-order valence-corrected chi connectivity index (χ1v) is 7.99. The second kappa shape index (κ2) is 6.59. The molecule has 0 heterocycles. The normalized spacial score (nSPS) is 16.8. The molecule has 2 nitrogen and oxygen atoms in total. The zero-order valence-corrected chi connectivity index (χ0v) is 12.9. The van der Waals surface area contributed by atoms with Crippen LogP contribution < -0.4 is 5.32 Å². The molecule has 2 aromatic rings. The van der Waals surface area contributed by atoms with Crippen LogP contribution in [0.4, 0.5) is 0 Å². The maximum Gasteiger partial charge on any atom is 0.0587 e. The molecule has 1 N–H and O–H groups in total. The summed E-state index contributed by atoms with van der Waals surface area (Å²) in [5, 5.41) is 6.35. The smallest absolute Gasteiger partial charge is 0.0587 e. The van der Waals surface area contributed by atoms with Gasteiger partial charge in [0.05, 0.1) is 6.61 Å². The summed E-state index contributed by atoms with van der Waals surface area (Å²) in [6, 6.07) is 15.5. The van der Waals surface area contributed by atoms with Crippen molar-refractivity contribution in [3.8, 4) is 0 Å². The summed E-state index contributed by atoms with van der Waals surface area (Å²) in [5.41, 5.74) is 1.96. The Hall–Kier alpha value is -1.38. The fourth-order valence-corrected chi connectivity index (χ4v) is 3.47. The summed E-state index contributed by atoms with van der Waals surface area (Å²) in [6.07, 6.45) is 5.25. The number of fused-ring (bicyclic) bond motifs is 1. The van der Waals surface area contributed by atoms with E-state index in [1.165, 1.54) is 42.0 Å². The van der Waals surface area contributed by atoms with Crippen LogP contribution in [0.25, 0.3) is 10.8 Å². The number of methoxy groups -OCH3 is 1. The third-order valence-electron chi connectivity index (χ3n) is 4.84. The van der Waals surface area contributed by atoms with Gasteiger partial charge >= 0.3 is 0 Å². The second-order valence-electron chi connectivity index (χ2n) is 6.34. The Bertz CT molecular complexity index is 584. The Balaban J connectivity index is 1.73. The van der Waals surface area contributed by atoms with Gasteiger partial charge in [0.1, 0.15) is 0 Å². The molecule has 1 aliphatic rings. The van der Waals surface area contributed by atoms with Crippen molar-refractivity contribution in [2.24, 2.45) is 5.41 Å². The van der Waals surface area contributed by atoms with E-state index in [0.29, 0.717) is 5.41 Å². The van der Waals surface area contributed by atoms with Gasteiger partial charge in [-0.15, -0.1) is 0 Å². The third kappa shape index (κ3) is 3.28. The van der Waals surface area contributed by atoms with E-state index in [1.54, 1.807) is 7.11 Å². The molecule has 0 radical (unpaired) electrons. The van der Waals surface area contributed by atoms with Crippen molar-refractivity contribution >= 4 is 10.8 Å². The molecule has 2 aromatic carbocycles. The molecule has 21 heavy (non-hydrogen) atoms. The van der Waals surface area contributed by atoms with Crippen LogP contribution in [0.3, 0.4) is 0 Å². The van der Waals surface area contributed by atoms with Gasteiger partial charge < -0.3 is 10.1 Å². The summed E-state index contributed by atoms with van der Waals surface area (Å²) in [5.74, 6) is 0. The summed E-state index contributed by atoms with van der Waals surface area (Å²) in [6.45, 7) is 2.86. The molecule has 0 spiro atoms. The molecular weight excluding hydrogens is 258 g/mol. The minimum Gasteiger partial charge on any atom is -0.383 e. The molecule has 1 saturated carbocycles. The fraction of sp³-hybridized carbons (Fsp3) is 0.474. The van der Waals surface area contributed by atoms with Gasteiger partial charge in [-0.05, 0) is 41.0 Å². The van der Waals surface area contributed by atoms with Gasteiger partial charge in [0.15, 0.2) is 0 Å². The lowest BCUT2D eigenvalue weighted by Crippen LogP contribution is -2.42. The first-order chi connectivity index (χ1) is 10.3. The monoisotopic (exact) mass is 283 g/mol. The van der Waals surface area contributed by atoms with Gasteiger partial charge in [-0.1, -0.05) is 48.9 Å². The van der Waals surface area contributed by atoms with Gasteiger partial charge in [-0.25, -0.2) is 0 Å². The molecule has 0 unspecified atom stereocenters. The minimum atomic E-state index is 0.456. The van der Waals surface area contributed by atoms with Crippen molar-refractivity contribution in [2.45, 2.75) is 25.7 Å². The third-order valence-corrected chi connectivity index (χ3v) is 4.84. The quantitative estimate of drug-likeness (QED) is 0.781. The molecule has 1 aliphatic carbocycles. The van der Waals surface area contributed by atoms with Crippen LogP contribution in [0.15, 0.2) is 42.5 Å². The van der Waals surface area contributed by atoms with E-state index in [-0.39, 0.29) is 0 Å². The number of benzene rings is 2. The average molecular weight is 283 g/mol. The SMILES string of the molecule is COCCNCC1(Cc2cccc3ccccc23)CCC1. The van der Waals surface area contributed by atoms with Crippen LogP contribution in [-0.4, -0.2) is 26.8 Å². The number of hydrogen-bond acceptors (Lipinski definition) is 2. The lowest BCUT2D eigenvalue weighted by molar-refractivity contribution is 0.123. The molecule has 0 amide bonds. The highest BCUT2D eigenvalue weighted by Crippen LogP contribution is 2.44. The van der Waals surface area contributed by atoms with Crippen molar-refractivity contribution in [3.63, 3.8) is 0 Å². The first kappa shape index (κ1) is 14.6. The maximum absolute atomic E-state index is 5.12. The lowest BCUT2D eigenvalue weighted by atomic mass is 9.65. The van der Waals surface area contributed by atoms with Crippen LogP contribution in [0.1, 0.15) is 24.8 Å². The molecule has 2 heteroatoms. The van der Waals surface area contributed by atoms with Crippen LogP contribution in [-0.2, 0) is 11.2 Å². The van der Waals surface area contributed by atoms with Crippen molar-refractivity contribution in [2.75, 3.05) is 26.8 Å². The van der Waals surface area contributed by atoms with Crippen molar-refractivity contribution in [1.29, 1.82) is 0 Å². The Morgan fingerprint density at radius 2 is 1.90 bits per heavy atom. The molecular formula is C19H25NO. The van der Waals surface area contributed by atoms with Crippen LogP contribution in [0, 0.1) is 5.41 Å². The number of nitrogens with one attached hydrogen (secondary N) is 1. The van der Waals surface area contributed by atoms with E-state index >= 15 is 0 Å². The van der Waals surface area contributed by atoms with E-state index in [1.807, 2.05) is 0 Å². The predicted octanol–water partition coefficient (Wildman–Crippen LogP) is 3.79. The highest BCUT2D eigenvalue weighted by atomic mass is 16.5. The number of rotatable bonds is 7. The zero-order valence-electron chi connectivity index (χ0n) is 12.9. The zero-order chi connectivity index (χ0) is 14.5. The first-order valence-electron chi connectivity index (χ1n) is 7.99. The Morgan fingerprint density at radius 3 is 2.67 bits per heavy atom. The molecule has 0 saturated heterocycles. The number of ether oxygens (including phenoxy) is 1. The van der Waals surface area contributed by atoms with Crippen molar-refractivity contribution in [3.05, 3.63) is 48.0 Å². The summed E-state index contributed by atoms with van der Waals surface area (Å²) < 4.78 is 5.12. The molecule has 0 aliphatic heterocycles. The second-order valence-corrected chi connectivity index (χ2v) is 6.34. The highest BCUT2D eigenvalue weighted by molar-refractivity contribution is 5.85. The lowest BCUT2D eigenvalue weighted by Gasteiger charge is -2.42. The topological polar surface area (TPSA) is 21.3 Å². The molecule has 0 bridgehead atoms. The largest absolute Gasteiger partial charge is 0.383 e. The van der Waals surface area contributed by atoms with Crippen molar-refractivity contribution < 1.29 is 4.74 Å². The Morgan fingerprint density at radius 1 is 1.10 bits per heavy atom. The van der Waals surface area contributed by atoms with Crippen molar-refractivity contribution in [1.82, 2.24) is 5.32 Å². The maximum atomic E-state index is 5.12. The van der Waals surface area contributed by atoms with Gasteiger partial charge in [-0.3, -0.25) is 0 Å². The molecule has 1 fully saturated rings. The highest BCUT2D eigenvalue weighted by Gasteiger charge is 2.36. The fourth-order valence-electron chi connectivity index (χ4n) is 3.47.